The predicted octanol–water partition coefficient (Wildman–Crippen LogP) is 3.26. The van der Waals surface area contributed by atoms with Gasteiger partial charge in [-0.05, 0) is 37.3 Å². The molecule has 5 rings (SSSR count). The van der Waals surface area contributed by atoms with Gasteiger partial charge in [-0.1, -0.05) is 23.4 Å². The van der Waals surface area contributed by atoms with Crippen LogP contribution in [-0.4, -0.2) is 29.2 Å². The van der Waals surface area contributed by atoms with Crippen LogP contribution in [0.5, 0.6) is 5.75 Å². The second-order valence-electron chi connectivity index (χ2n) is 6.52. The summed E-state index contributed by atoms with van der Waals surface area (Å²) >= 11 is 0. The zero-order valence-corrected chi connectivity index (χ0v) is 15.4. The number of rotatable bonds is 3. The molecular formula is C21H15N3O5. The molecule has 0 unspecified atom stereocenters. The Kier molecular flexibility index (Phi) is 3.90. The van der Waals surface area contributed by atoms with E-state index in [1.54, 1.807) is 41.3 Å². The van der Waals surface area contributed by atoms with Crippen molar-refractivity contribution < 1.29 is 18.5 Å². The zero-order valence-electron chi connectivity index (χ0n) is 15.4. The van der Waals surface area contributed by atoms with Crippen LogP contribution in [0.15, 0.2) is 62.3 Å². The third-order valence-corrected chi connectivity index (χ3v) is 4.77. The highest BCUT2D eigenvalue weighted by Gasteiger charge is 2.25. The van der Waals surface area contributed by atoms with E-state index in [1.165, 1.54) is 0 Å². The Hall–Kier alpha value is -3.94. The Morgan fingerprint density at radius 3 is 2.83 bits per heavy atom. The number of hydrogen-bond donors (Lipinski definition) is 0. The monoisotopic (exact) mass is 389 g/mol. The van der Waals surface area contributed by atoms with Crippen LogP contribution in [0, 0.1) is 0 Å². The molecule has 2 aromatic carbocycles. The first-order chi connectivity index (χ1) is 14.1. The summed E-state index contributed by atoms with van der Waals surface area (Å²) in [6.07, 6.45) is 0. The normalized spacial score (nSPS) is 13.4. The number of benzene rings is 2. The van der Waals surface area contributed by atoms with E-state index in [4.69, 9.17) is 13.7 Å². The number of carbonyl (C=O) groups is 1. The molecule has 0 aliphatic carbocycles. The molecule has 0 atom stereocenters. The van der Waals surface area contributed by atoms with Crippen LogP contribution in [0.1, 0.15) is 6.92 Å². The SMILES string of the molecule is CCN1C(=O)COc2ccc(-c3noc(-c4cc5ccccc5oc4=O)n3)cc21. The first kappa shape index (κ1) is 17.2. The van der Waals surface area contributed by atoms with E-state index in [2.05, 4.69) is 10.1 Å². The number of ether oxygens (including phenoxy) is 1. The van der Waals surface area contributed by atoms with Crippen LogP contribution in [0.2, 0.25) is 0 Å². The van der Waals surface area contributed by atoms with Crippen LogP contribution in [0.4, 0.5) is 5.69 Å². The minimum absolute atomic E-state index is 0.0181. The number of para-hydroxylation sites is 1. The van der Waals surface area contributed by atoms with E-state index < -0.39 is 5.63 Å². The highest BCUT2D eigenvalue weighted by molar-refractivity contribution is 5.98. The fourth-order valence-corrected chi connectivity index (χ4v) is 3.35. The second-order valence-corrected chi connectivity index (χ2v) is 6.52. The molecule has 8 nitrogen and oxygen atoms in total. The van der Waals surface area contributed by atoms with E-state index in [9.17, 15) is 9.59 Å². The molecule has 0 saturated carbocycles. The van der Waals surface area contributed by atoms with E-state index in [-0.39, 0.29) is 24.0 Å². The van der Waals surface area contributed by atoms with Gasteiger partial charge in [0.2, 0.25) is 5.82 Å². The molecule has 3 heterocycles. The lowest BCUT2D eigenvalue weighted by Crippen LogP contribution is -2.38. The van der Waals surface area contributed by atoms with Crippen molar-refractivity contribution in [2.75, 3.05) is 18.1 Å². The van der Waals surface area contributed by atoms with Crippen molar-refractivity contribution in [3.63, 3.8) is 0 Å². The van der Waals surface area contributed by atoms with Gasteiger partial charge in [-0.2, -0.15) is 4.98 Å². The molecular weight excluding hydrogens is 374 g/mol. The maximum Gasteiger partial charge on any atom is 0.349 e. The first-order valence-corrected chi connectivity index (χ1v) is 9.08. The number of likely N-dealkylation sites (N-methyl/N-ethyl adjacent to an activating group) is 1. The molecule has 4 aromatic rings. The number of nitrogens with zero attached hydrogens (tertiary/aromatic N) is 3. The minimum atomic E-state index is -0.555. The van der Waals surface area contributed by atoms with Crippen molar-refractivity contribution in [3.05, 3.63) is 59.0 Å². The summed E-state index contributed by atoms with van der Waals surface area (Å²) in [5.41, 5.74) is 1.41. The third-order valence-electron chi connectivity index (χ3n) is 4.77. The van der Waals surface area contributed by atoms with Crippen LogP contribution in [-0.2, 0) is 4.79 Å². The maximum absolute atomic E-state index is 12.3. The van der Waals surface area contributed by atoms with Gasteiger partial charge in [0.1, 0.15) is 16.9 Å². The number of amides is 1. The van der Waals surface area contributed by atoms with Gasteiger partial charge in [0.05, 0.1) is 5.69 Å². The summed E-state index contributed by atoms with van der Waals surface area (Å²) in [6, 6.07) is 14.2. The molecule has 1 amide bonds. The van der Waals surface area contributed by atoms with Crippen LogP contribution >= 0.6 is 0 Å². The first-order valence-electron chi connectivity index (χ1n) is 9.08. The second kappa shape index (κ2) is 6.59. The lowest BCUT2D eigenvalue weighted by Gasteiger charge is -2.28. The standard InChI is InChI=1S/C21H15N3O5/c1-2-24-15-10-13(7-8-17(15)27-11-18(24)25)19-22-20(29-23-19)14-9-12-5-3-4-6-16(12)28-21(14)26/h3-10H,2,11H2,1H3. The van der Waals surface area contributed by atoms with Crippen molar-refractivity contribution in [2.45, 2.75) is 6.92 Å². The minimum Gasteiger partial charge on any atom is -0.482 e. The van der Waals surface area contributed by atoms with Crippen molar-refractivity contribution in [2.24, 2.45) is 0 Å². The van der Waals surface area contributed by atoms with Crippen LogP contribution in [0.25, 0.3) is 33.8 Å². The van der Waals surface area contributed by atoms with Crippen molar-refractivity contribution in [1.82, 2.24) is 10.1 Å². The Bertz CT molecular complexity index is 1310. The highest BCUT2D eigenvalue weighted by atomic mass is 16.5. The molecule has 1 aliphatic rings. The summed E-state index contributed by atoms with van der Waals surface area (Å²) in [7, 11) is 0. The molecule has 2 aromatic heterocycles. The van der Waals surface area contributed by atoms with E-state index in [1.807, 2.05) is 19.1 Å². The number of hydrogen-bond acceptors (Lipinski definition) is 7. The average Bonchev–Trinajstić information content (AvgIpc) is 3.23. The van der Waals surface area contributed by atoms with E-state index in [0.29, 0.717) is 35.0 Å². The van der Waals surface area contributed by atoms with Gasteiger partial charge in [-0.15, -0.1) is 0 Å². The van der Waals surface area contributed by atoms with Gasteiger partial charge in [0.25, 0.3) is 11.8 Å². The van der Waals surface area contributed by atoms with Crippen molar-refractivity contribution in [1.29, 1.82) is 0 Å². The number of anilines is 1. The largest absolute Gasteiger partial charge is 0.482 e. The molecule has 0 fully saturated rings. The molecule has 0 N–H and O–H groups in total. The Morgan fingerprint density at radius 1 is 1.10 bits per heavy atom. The number of aromatic nitrogens is 2. The van der Waals surface area contributed by atoms with Gasteiger partial charge in [-0.25, -0.2) is 4.79 Å². The lowest BCUT2D eigenvalue weighted by atomic mass is 10.1. The zero-order chi connectivity index (χ0) is 20.0. The van der Waals surface area contributed by atoms with Crippen molar-refractivity contribution >= 4 is 22.6 Å². The highest BCUT2D eigenvalue weighted by Crippen LogP contribution is 2.35. The molecule has 0 radical (unpaired) electrons. The molecule has 0 spiro atoms. The predicted molar refractivity (Wildman–Crippen MR) is 105 cm³/mol. The summed E-state index contributed by atoms with van der Waals surface area (Å²) in [5, 5.41) is 4.75. The van der Waals surface area contributed by atoms with Crippen molar-refractivity contribution in [3.8, 4) is 28.6 Å². The molecule has 144 valence electrons. The maximum atomic E-state index is 12.3. The lowest BCUT2D eigenvalue weighted by molar-refractivity contribution is -0.121. The Balaban J connectivity index is 1.56. The quantitative estimate of drug-likeness (QED) is 0.496. The fourth-order valence-electron chi connectivity index (χ4n) is 3.35. The summed E-state index contributed by atoms with van der Waals surface area (Å²) < 4.78 is 16.1. The summed E-state index contributed by atoms with van der Waals surface area (Å²) in [5.74, 6) is 0.871. The number of carbonyl (C=O) groups excluding carboxylic acids is 1. The van der Waals surface area contributed by atoms with Gasteiger partial charge >= 0.3 is 5.63 Å². The van der Waals surface area contributed by atoms with Gasteiger partial charge < -0.3 is 18.6 Å². The Labute approximate surface area is 164 Å². The molecule has 1 aliphatic heterocycles. The van der Waals surface area contributed by atoms with Crippen LogP contribution < -0.4 is 15.3 Å². The van der Waals surface area contributed by atoms with E-state index in [0.717, 1.165) is 5.39 Å². The smallest absolute Gasteiger partial charge is 0.349 e. The summed E-state index contributed by atoms with van der Waals surface area (Å²) in [4.78, 5) is 30.4. The third kappa shape index (κ3) is 2.85. The average molecular weight is 389 g/mol. The number of fused-ring (bicyclic) bond motifs is 2. The van der Waals surface area contributed by atoms with Gasteiger partial charge in [0, 0.05) is 17.5 Å². The topological polar surface area (TPSA) is 98.7 Å². The van der Waals surface area contributed by atoms with E-state index >= 15 is 0 Å². The molecule has 0 saturated heterocycles. The van der Waals surface area contributed by atoms with Gasteiger partial charge in [-0.3, -0.25) is 4.79 Å². The fraction of sp³-hybridized carbons (Fsp3) is 0.143. The molecule has 29 heavy (non-hydrogen) atoms. The van der Waals surface area contributed by atoms with Gasteiger partial charge in [0.15, 0.2) is 6.61 Å². The van der Waals surface area contributed by atoms with Crippen LogP contribution in [0.3, 0.4) is 0 Å². The molecule has 8 heteroatoms. The summed E-state index contributed by atoms with van der Waals surface area (Å²) in [6.45, 7) is 2.43. The Morgan fingerprint density at radius 2 is 1.97 bits per heavy atom. The molecule has 0 bridgehead atoms.